The van der Waals surface area contributed by atoms with Crippen LogP contribution in [0.15, 0.2) is 59.3 Å². The lowest BCUT2D eigenvalue weighted by Gasteiger charge is -2.08. The number of furan rings is 1. The van der Waals surface area contributed by atoms with E-state index in [4.69, 9.17) is 14.4 Å². The van der Waals surface area contributed by atoms with Crippen LogP contribution in [-0.4, -0.2) is 24.7 Å². The first-order valence-electron chi connectivity index (χ1n) is 9.65. The van der Waals surface area contributed by atoms with Crippen LogP contribution < -0.4 is 10.1 Å². The Balaban J connectivity index is 1.16. The molecule has 142 valence electrons. The second-order valence-electron chi connectivity index (χ2n) is 6.84. The van der Waals surface area contributed by atoms with Crippen LogP contribution in [0.25, 0.3) is 21.9 Å². The van der Waals surface area contributed by atoms with Gasteiger partial charge in [0.15, 0.2) is 11.3 Å². The Bertz CT molecular complexity index is 1100. The zero-order valence-electron chi connectivity index (χ0n) is 15.7. The van der Waals surface area contributed by atoms with E-state index >= 15 is 0 Å². The van der Waals surface area contributed by atoms with E-state index < -0.39 is 0 Å². The molecule has 2 N–H and O–H groups in total. The Kier molecular flexibility index (Phi) is 5.60. The minimum Gasteiger partial charge on any atom is -0.488 e. The van der Waals surface area contributed by atoms with Gasteiger partial charge in [-0.3, -0.25) is 0 Å². The van der Waals surface area contributed by atoms with E-state index in [1.54, 1.807) is 6.26 Å². The molecule has 0 atom stereocenters. The van der Waals surface area contributed by atoms with Gasteiger partial charge in [-0.1, -0.05) is 12.1 Å². The third-order valence-corrected chi connectivity index (χ3v) is 4.93. The van der Waals surface area contributed by atoms with Crippen LogP contribution in [0, 0.1) is 11.3 Å². The van der Waals surface area contributed by atoms with E-state index in [0.717, 1.165) is 60.0 Å². The molecule has 4 rings (SSSR count). The molecule has 0 radical (unpaired) electrons. The topological polar surface area (TPSA) is 74.0 Å². The first-order chi connectivity index (χ1) is 13.8. The van der Waals surface area contributed by atoms with E-state index in [2.05, 4.69) is 22.6 Å². The second kappa shape index (κ2) is 8.64. The summed E-state index contributed by atoms with van der Waals surface area (Å²) < 4.78 is 11.3. The summed E-state index contributed by atoms with van der Waals surface area (Å²) in [6, 6.07) is 15.9. The average molecular weight is 373 g/mol. The fourth-order valence-corrected chi connectivity index (χ4v) is 3.46. The van der Waals surface area contributed by atoms with E-state index in [1.165, 1.54) is 5.56 Å². The highest BCUT2D eigenvalue weighted by Gasteiger charge is 2.06. The number of aromatic amines is 1. The monoisotopic (exact) mass is 373 g/mol. The maximum Gasteiger partial charge on any atom is 0.175 e. The summed E-state index contributed by atoms with van der Waals surface area (Å²) in [6.07, 6.45) is 6.95. The molecular formula is C23H23N3O2. The third-order valence-electron chi connectivity index (χ3n) is 4.93. The first kappa shape index (κ1) is 18.1. The van der Waals surface area contributed by atoms with Crippen molar-refractivity contribution in [3.63, 3.8) is 0 Å². The maximum atomic E-state index is 9.07. The van der Waals surface area contributed by atoms with Gasteiger partial charge in [-0.2, -0.15) is 5.26 Å². The zero-order valence-corrected chi connectivity index (χ0v) is 15.7. The van der Waals surface area contributed by atoms with Crippen molar-refractivity contribution < 1.29 is 9.15 Å². The number of para-hydroxylation sites is 1. The van der Waals surface area contributed by atoms with Crippen molar-refractivity contribution in [2.45, 2.75) is 19.3 Å². The number of hydrogen-bond acceptors (Lipinski definition) is 4. The van der Waals surface area contributed by atoms with Crippen molar-refractivity contribution in [2.75, 3.05) is 19.7 Å². The highest BCUT2D eigenvalue weighted by molar-refractivity contribution is 5.84. The molecule has 0 spiro atoms. The van der Waals surface area contributed by atoms with Gasteiger partial charge in [0, 0.05) is 29.0 Å². The molecule has 2 aromatic carbocycles. The predicted molar refractivity (Wildman–Crippen MR) is 111 cm³/mol. The van der Waals surface area contributed by atoms with Crippen molar-refractivity contribution in [2.24, 2.45) is 0 Å². The van der Waals surface area contributed by atoms with Crippen LogP contribution in [0.4, 0.5) is 0 Å². The molecule has 0 saturated carbocycles. The lowest BCUT2D eigenvalue weighted by atomic mass is 10.1. The number of nitrogens with zero attached hydrogens (tertiary/aromatic N) is 1. The number of nitrogens with one attached hydrogen (secondary N) is 2. The number of nitriles is 1. The van der Waals surface area contributed by atoms with Crippen molar-refractivity contribution in [3.8, 4) is 11.8 Å². The number of aryl methyl sites for hydroxylation is 1. The number of ether oxygens (including phenoxy) is 1. The lowest BCUT2D eigenvalue weighted by molar-refractivity contribution is 0.312. The van der Waals surface area contributed by atoms with Gasteiger partial charge < -0.3 is 19.5 Å². The molecule has 0 unspecified atom stereocenters. The smallest absolute Gasteiger partial charge is 0.175 e. The number of unbranched alkanes of at least 4 members (excludes halogenated alkanes) is 1. The van der Waals surface area contributed by atoms with Crippen molar-refractivity contribution in [3.05, 3.63) is 66.1 Å². The van der Waals surface area contributed by atoms with Gasteiger partial charge in [0.1, 0.15) is 6.61 Å². The molecule has 28 heavy (non-hydrogen) atoms. The predicted octanol–water partition coefficient (Wildman–Crippen LogP) is 4.78. The van der Waals surface area contributed by atoms with Crippen LogP contribution >= 0.6 is 0 Å². The fraction of sp³-hybridized carbons (Fsp3) is 0.261. The van der Waals surface area contributed by atoms with Crippen LogP contribution in [-0.2, 0) is 6.42 Å². The number of hydrogen-bond donors (Lipinski definition) is 2. The van der Waals surface area contributed by atoms with Gasteiger partial charge in [0.05, 0.1) is 17.9 Å². The van der Waals surface area contributed by atoms with Gasteiger partial charge in [-0.15, -0.1) is 0 Å². The molecule has 0 amide bonds. The Morgan fingerprint density at radius 1 is 1.11 bits per heavy atom. The van der Waals surface area contributed by atoms with Crippen molar-refractivity contribution in [1.82, 2.24) is 10.3 Å². The zero-order chi connectivity index (χ0) is 19.2. The number of H-pyrrole nitrogens is 1. The second-order valence-corrected chi connectivity index (χ2v) is 6.84. The lowest BCUT2D eigenvalue weighted by Crippen LogP contribution is -2.22. The summed E-state index contributed by atoms with van der Waals surface area (Å²) in [5.41, 5.74) is 3.89. The largest absolute Gasteiger partial charge is 0.488 e. The van der Waals surface area contributed by atoms with Crippen molar-refractivity contribution >= 4 is 21.9 Å². The molecular weight excluding hydrogens is 350 g/mol. The Morgan fingerprint density at radius 3 is 3.00 bits per heavy atom. The molecule has 2 aromatic heterocycles. The molecule has 0 aliphatic heterocycles. The molecule has 2 heterocycles. The normalized spacial score (nSPS) is 11.1. The molecule has 0 aliphatic carbocycles. The maximum absolute atomic E-state index is 9.07. The average Bonchev–Trinajstić information content (AvgIpc) is 3.37. The molecule has 5 heteroatoms. The summed E-state index contributed by atoms with van der Waals surface area (Å²) in [4.78, 5) is 3.29. The quantitative estimate of drug-likeness (QED) is 0.414. The summed E-state index contributed by atoms with van der Waals surface area (Å²) in [5, 5.41) is 14.7. The van der Waals surface area contributed by atoms with E-state index in [1.807, 2.05) is 42.5 Å². The summed E-state index contributed by atoms with van der Waals surface area (Å²) in [5.74, 6) is 0.792. The van der Waals surface area contributed by atoms with Gasteiger partial charge in [0.2, 0.25) is 0 Å². The Hall–Kier alpha value is -3.23. The molecule has 0 aliphatic rings. The van der Waals surface area contributed by atoms with Gasteiger partial charge in [-0.25, -0.2) is 0 Å². The molecule has 5 nitrogen and oxygen atoms in total. The first-order valence-corrected chi connectivity index (χ1v) is 9.65. The van der Waals surface area contributed by atoms with Gasteiger partial charge in [0.25, 0.3) is 0 Å². The number of fused-ring (bicyclic) bond motifs is 2. The van der Waals surface area contributed by atoms with Gasteiger partial charge >= 0.3 is 0 Å². The highest BCUT2D eigenvalue weighted by Crippen LogP contribution is 2.26. The SMILES string of the molecule is N#Cc1ccc2[nH]cc(CCCCNCCOc3cccc4ccoc34)c2c1. The summed E-state index contributed by atoms with van der Waals surface area (Å²) in [6.45, 7) is 2.37. The highest BCUT2D eigenvalue weighted by atomic mass is 16.5. The summed E-state index contributed by atoms with van der Waals surface area (Å²) in [7, 11) is 0. The minimum atomic E-state index is 0.610. The molecule has 4 aromatic rings. The Morgan fingerprint density at radius 2 is 2.07 bits per heavy atom. The van der Waals surface area contributed by atoms with Gasteiger partial charge in [-0.05, 0) is 61.7 Å². The third kappa shape index (κ3) is 4.03. The summed E-state index contributed by atoms with van der Waals surface area (Å²) >= 11 is 0. The van der Waals surface area contributed by atoms with Crippen LogP contribution in [0.3, 0.4) is 0 Å². The van der Waals surface area contributed by atoms with Crippen LogP contribution in [0.5, 0.6) is 5.75 Å². The standard InChI is InChI=1S/C23H23N3O2/c24-15-17-7-8-21-20(14-17)19(16-26-21)4-1-2-10-25-11-13-27-22-6-3-5-18-9-12-28-23(18)22/h3,5-9,12,14,16,25-26H,1-2,4,10-11,13H2. The number of benzene rings is 2. The van der Waals surface area contributed by atoms with E-state index in [9.17, 15) is 0 Å². The van der Waals surface area contributed by atoms with Crippen molar-refractivity contribution in [1.29, 1.82) is 5.26 Å². The molecule has 0 saturated heterocycles. The Labute approximate surface area is 163 Å². The van der Waals surface area contributed by atoms with E-state index in [0.29, 0.717) is 12.2 Å². The van der Waals surface area contributed by atoms with Crippen LogP contribution in [0.1, 0.15) is 24.0 Å². The van der Waals surface area contributed by atoms with E-state index in [-0.39, 0.29) is 0 Å². The molecule has 0 bridgehead atoms. The van der Waals surface area contributed by atoms with Crippen LogP contribution in [0.2, 0.25) is 0 Å². The minimum absolute atomic E-state index is 0.610. The number of rotatable bonds is 9. The number of aromatic nitrogens is 1. The fourth-order valence-electron chi connectivity index (χ4n) is 3.46. The molecule has 0 fully saturated rings.